The first-order valence-electron chi connectivity index (χ1n) is 4.08. The fourth-order valence-electron chi connectivity index (χ4n) is 1.58. The number of ketones is 1. The van der Waals surface area contributed by atoms with Gasteiger partial charge in [0.1, 0.15) is 5.66 Å². The molecule has 0 aromatic heterocycles. The second kappa shape index (κ2) is 2.91. The average molecular weight is 156 g/mol. The van der Waals surface area contributed by atoms with Crippen LogP contribution in [0.2, 0.25) is 0 Å². The van der Waals surface area contributed by atoms with Gasteiger partial charge in [-0.05, 0) is 39.8 Å². The van der Waals surface area contributed by atoms with Crippen molar-refractivity contribution in [3.8, 4) is 0 Å². The van der Waals surface area contributed by atoms with Crippen LogP contribution in [0.1, 0.15) is 26.2 Å². The van der Waals surface area contributed by atoms with E-state index in [4.69, 9.17) is 5.73 Å². The van der Waals surface area contributed by atoms with E-state index in [1.165, 1.54) is 0 Å². The Morgan fingerprint density at radius 3 is 2.55 bits per heavy atom. The highest BCUT2D eigenvalue weighted by Gasteiger charge is 2.36. The maximum Gasteiger partial charge on any atom is 0.164 e. The number of hydrogen-bond donors (Lipinski definition) is 1. The summed E-state index contributed by atoms with van der Waals surface area (Å²) in [5.41, 5.74) is 5.25. The second-order valence-corrected chi connectivity index (χ2v) is 3.36. The number of hydrogen-bond acceptors (Lipinski definition) is 3. The lowest BCUT2D eigenvalue weighted by molar-refractivity contribution is -0.130. The number of rotatable bonds is 1. The zero-order valence-electron chi connectivity index (χ0n) is 7.26. The number of nitrogens with zero attached hydrogens (tertiary/aromatic N) is 1. The summed E-state index contributed by atoms with van der Waals surface area (Å²) in [6.45, 7) is 2.51. The number of likely N-dealkylation sites (tertiary alicyclic amines) is 1. The minimum absolute atomic E-state index is 0.0831. The van der Waals surface area contributed by atoms with E-state index < -0.39 is 5.66 Å². The highest BCUT2D eigenvalue weighted by molar-refractivity contribution is 5.85. The maximum absolute atomic E-state index is 11.2. The third kappa shape index (κ3) is 1.44. The lowest BCUT2D eigenvalue weighted by Crippen LogP contribution is -2.61. The van der Waals surface area contributed by atoms with Crippen molar-refractivity contribution in [3.05, 3.63) is 0 Å². The number of carbonyl (C=O) groups is 1. The minimum Gasteiger partial charge on any atom is -0.307 e. The van der Waals surface area contributed by atoms with Crippen LogP contribution in [0.25, 0.3) is 0 Å². The standard InChI is InChI=1S/C8H16N2O/c1-7(11)8(9)5-3-4-6-10(8)2/h3-6,9H2,1-2H3/t8-/m0/s1. The minimum atomic E-state index is -0.668. The van der Waals surface area contributed by atoms with Gasteiger partial charge in [-0.3, -0.25) is 9.69 Å². The molecule has 1 aliphatic heterocycles. The SMILES string of the molecule is CC(=O)[C@]1(N)CCCCN1C. The Morgan fingerprint density at radius 1 is 1.55 bits per heavy atom. The molecule has 2 N–H and O–H groups in total. The summed E-state index contributed by atoms with van der Waals surface area (Å²) in [6, 6.07) is 0. The summed E-state index contributed by atoms with van der Waals surface area (Å²) in [5.74, 6) is 0.0831. The molecule has 0 amide bonds. The van der Waals surface area contributed by atoms with Crippen LogP contribution in [0.3, 0.4) is 0 Å². The fourth-order valence-corrected chi connectivity index (χ4v) is 1.58. The van der Waals surface area contributed by atoms with Crippen molar-refractivity contribution >= 4 is 5.78 Å². The molecule has 1 aliphatic rings. The molecular weight excluding hydrogens is 140 g/mol. The van der Waals surface area contributed by atoms with Crippen LogP contribution in [0.15, 0.2) is 0 Å². The average Bonchev–Trinajstić information content (AvgIpc) is 1.95. The molecule has 0 unspecified atom stereocenters. The molecule has 1 fully saturated rings. The Hall–Kier alpha value is -0.410. The van der Waals surface area contributed by atoms with Gasteiger partial charge >= 0.3 is 0 Å². The van der Waals surface area contributed by atoms with Crippen molar-refractivity contribution in [1.82, 2.24) is 4.90 Å². The quantitative estimate of drug-likeness (QED) is 0.595. The Morgan fingerprint density at radius 2 is 2.18 bits per heavy atom. The molecule has 1 heterocycles. The summed E-state index contributed by atoms with van der Waals surface area (Å²) in [5, 5.41) is 0. The number of Topliss-reactive ketones (excluding diaryl/α,β-unsaturated/α-hetero) is 1. The van der Waals surface area contributed by atoms with Gasteiger partial charge in [-0.1, -0.05) is 0 Å². The molecule has 0 radical (unpaired) electrons. The van der Waals surface area contributed by atoms with Crippen LogP contribution in [-0.4, -0.2) is 29.9 Å². The first kappa shape index (κ1) is 8.68. The van der Waals surface area contributed by atoms with Gasteiger partial charge in [0, 0.05) is 0 Å². The summed E-state index contributed by atoms with van der Waals surface area (Å²) >= 11 is 0. The molecule has 0 aliphatic carbocycles. The van der Waals surface area contributed by atoms with Gasteiger partial charge < -0.3 is 5.73 Å². The molecule has 0 saturated carbocycles. The Labute approximate surface area is 67.5 Å². The zero-order chi connectivity index (χ0) is 8.48. The molecule has 1 atom stereocenters. The fraction of sp³-hybridized carbons (Fsp3) is 0.875. The van der Waals surface area contributed by atoms with Crippen LogP contribution in [-0.2, 0) is 4.79 Å². The molecule has 0 bridgehead atoms. The van der Waals surface area contributed by atoms with Gasteiger partial charge in [0.15, 0.2) is 5.78 Å². The maximum atomic E-state index is 11.2. The molecule has 11 heavy (non-hydrogen) atoms. The third-order valence-corrected chi connectivity index (χ3v) is 2.59. The Kier molecular flexibility index (Phi) is 2.30. The van der Waals surface area contributed by atoms with Crippen LogP contribution < -0.4 is 5.73 Å². The van der Waals surface area contributed by atoms with Crippen molar-refractivity contribution < 1.29 is 4.79 Å². The topological polar surface area (TPSA) is 46.3 Å². The molecule has 0 aromatic rings. The lowest BCUT2D eigenvalue weighted by Gasteiger charge is -2.40. The molecule has 64 valence electrons. The van der Waals surface area contributed by atoms with E-state index >= 15 is 0 Å². The summed E-state index contributed by atoms with van der Waals surface area (Å²) < 4.78 is 0. The Bertz CT molecular complexity index is 169. The highest BCUT2D eigenvalue weighted by Crippen LogP contribution is 2.22. The molecule has 3 heteroatoms. The van der Waals surface area contributed by atoms with E-state index in [-0.39, 0.29) is 5.78 Å². The van der Waals surface area contributed by atoms with Gasteiger partial charge in [-0.15, -0.1) is 0 Å². The first-order valence-corrected chi connectivity index (χ1v) is 4.08. The smallest absolute Gasteiger partial charge is 0.164 e. The van der Waals surface area contributed by atoms with Crippen LogP contribution >= 0.6 is 0 Å². The number of piperidine rings is 1. The summed E-state index contributed by atoms with van der Waals surface area (Å²) in [7, 11) is 1.92. The predicted octanol–water partition coefficient (Wildman–Crippen LogP) is 0.346. The van der Waals surface area contributed by atoms with Gasteiger partial charge in [0.05, 0.1) is 0 Å². The summed E-state index contributed by atoms with van der Waals surface area (Å²) in [6.07, 6.45) is 3.03. The largest absolute Gasteiger partial charge is 0.307 e. The van der Waals surface area contributed by atoms with Crippen LogP contribution in [0.4, 0.5) is 0 Å². The highest BCUT2D eigenvalue weighted by atomic mass is 16.1. The normalized spacial score (nSPS) is 33.7. The van der Waals surface area contributed by atoms with Crippen molar-refractivity contribution in [1.29, 1.82) is 0 Å². The van der Waals surface area contributed by atoms with E-state index in [1.54, 1.807) is 6.92 Å². The summed E-state index contributed by atoms with van der Waals surface area (Å²) in [4.78, 5) is 13.1. The molecular formula is C8H16N2O. The van der Waals surface area contributed by atoms with Gasteiger partial charge in [-0.25, -0.2) is 0 Å². The molecule has 1 saturated heterocycles. The van der Waals surface area contributed by atoms with Gasteiger partial charge in [0.25, 0.3) is 0 Å². The zero-order valence-corrected chi connectivity index (χ0v) is 7.26. The first-order chi connectivity index (χ1) is 5.07. The number of likely N-dealkylation sites (N-methyl/N-ethyl adjacent to an activating group) is 1. The molecule has 0 spiro atoms. The van der Waals surface area contributed by atoms with E-state index in [1.807, 2.05) is 11.9 Å². The van der Waals surface area contributed by atoms with E-state index in [2.05, 4.69) is 0 Å². The van der Waals surface area contributed by atoms with Crippen molar-refractivity contribution in [2.24, 2.45) is 5.73 Å². The number of carbonyl (C=O) groups excluding carboxylic acids is 1. The third-order valence-electron chi connectivity index (χ3n) is 2.59. The monoisotopic (exact) mass is 156 g/mol. The van der Waals surface area contributed by atoms with Crippen LogP contribution in [0.5, 0.6) is 0 Å². The predicted molar refractivity (Wildman–Crippen MR) is 44.1 cm³/mol. The molecule has 3 nitrogen and oxygen atoms in total. The van der Waals surface area contributed by atoms with Crippen molar-refractivity contribution in [2.75, 3.05) is 13.6 Å². The van der Waals surface area contributed by atoms with E-state index in [9.17, 15) is 4.79 Å². The van der Waals surface area contributed by atoms with Crippen molar-refractivity contribution in [3.63, 3.8) is 0 Å². The Balaban J connectivity index is 2.72. The van der Waals surface area contributed by atoms with E-state index in [0.717, 1.165) is 25.8 Å². The lowest BCUT2D eigenvalue weighted by atomic mass is 9.93. The number of nitrogens with two attached hydrogens (primary N) is 1. The molecule has 0 aromatic carbocycles. The van der Waals surface area contributed by atoms with Gasteiger partial charge in [-0.2, -0.15) is 0 Å². The van der Waals surface area contributed by atoms with Crippen molar-refractivity contribution in [2.45, 2.75) is 31.8 Å². The van der Waals surface area contributed by atoms with E-state index in [0.29, 0.717) is 0 Å². The van der Waals surface area contributed by atoms with Gasteiger partial charge in [0.2, 0.25) is 0 Å². The molecule has 1 rings (SSSR count). The van der Waals surface area contributed by atoms with Crippen LogP contribution in [0, 0.1) is 0 Å². The second-order valence-electron chi connectivity index (χ2n) is 3.36.